The third kappa shape index (κ3) is 26.0. The van der Waals surface area contributed by atoms with Crippen molar-refractivity contribution in [3.63, 3.8) is 0 Å². The van der Waals surface area contributed by atoms with Gasteiger partial charge >= 0.3 is 11.9 Å². The molecule has 8 nitrogen and oxygen atoms in total. The SMILES string of the molecule is COOCC[C@H]1CCC([C@H]2CC[C@H]([C@H](C)CC(C)C[C@@H](CC[C@@H](C)CCCC(C)[C@H]3CC[C@H](C4CC[C@H](CC(=O)OC)C4)C3)CC[C@H](CC[C@@H](C)CCC[C@@H](C)[C@H]3CC[C@H](C4CC[C@H](CC(=O)OC)C4)C3)CC(C)C[C@@H](C)[C@H]3CC[C@H](C4CC[C@H](CCOOC)C4)C3)C2)C1. The molecule has 0 heterocycles. The van der Waals surface area contributed by atoms with E-state index in [-0.39, 0.29) is 11.9 Å². The zero-order chi connectivity index (χ0) is 66.9. The highest BCUT2D eigenvalue weighted by atomic mass is 17.2. The van der Waals surface area contributed by atoms with Crippen LogP contribution >= 0.6 is 0 Å². The molecular weight excluding hydrogens is 1160 g/mol. The van der Waals surface area contributed by atoms with Crippen molar-refractivity contribution >= 4 is 11.9 Å². The molecule has 0 N–H and O–H groups in total. The van der Waals surface area contributed by atoms with E-state index < -0.39 is 0 Å². The van der Waals surface area contributed by atoms with Crippen LogP contribution in [0.3, 0.4) is 0 Å². The van der Waals surface area contributed by atoms with Crippen LogP contribution in [0.2, 0.25) is 0 Å². The fourth-order valence-electron chi connectivity index (χ4n) is 23.9. The smallest absolute Gasteiger partial charge is 0.305 e. The van der Waals surface area contributed by atoms with Crippen LogP contribution in [0, 0.1) is 154 Å². The van der Waals surface area contributed by atoms with Gasteiger partial charge in [0.25, 0.3) is 0 Å². The lowest BCUT2D eigenvalue weighted by Crippen LogP contribution is -2.18. The molecule has 8 aliphatic carbocycles. The molecule has 0 radical (unpaired) electrons. The van der Waals surface area contributed by atoms with Gasteiger partial charge in [0.05, 0.1) is 41.7 Å². The van der Waals surface area contributed by atoms with Gasteiger partial charge in [-0.15, -0.1) is 0 Å². The number of carbonyl (C=O) groups is 2. The first kappa shape index (κ1) is 78.5. The standard InChI is InChI=1S/C86H154O8/c1-59(15-13-17-63(5)73-33-37-81(55-73)79-31-27-71(51-79)53-85(87)89-9)19-21-67(47-61(3)45-65(7)75-35-39-83(57-75)77-29-25-69(49-77)41-43-93-91-11)23-24-68(48-62(4)46-66(8)76-36-40-84(58-76)78-30-26-70(50-78)42-44-94-92-12)22-20-60(2)16-14-18-64(6)74-34-38-82(56-74)80-32-28-72(52-80)54-86(88)90-10/h59-84H,13-58H2,1-12H3/t59-,60-,61?,62?,63+,64?,65+,66+,67-,68-,69+,70+,71-,72-,73-,74-,75-,76-,77?,78?,79?,80?,81-,82-,83-,84-/m0/s1. The van der Waals surface area contributed by atoms with Crippen molar-refractivity contribution in [2.24, 2.45) is 154 Å². The molecule has 94 heavy (non-hydrogen) atoms. The summed E-state index contributed by atoms with van der Waals surface area (Å²) in [5.74, 6) is 22.0. The summed E-state index contributed by atoms with van der Waals surface area (Å²) in [7, 11) is 6.40. The second kappa shape index (κ2) is 41.6. The van der Waals surface area contributed by atoms with E-state index in [1.54, 1.807) is 28.4 Å². The molecule has 7 unspecified atom stereocenters. The van der Waals surface area contributed by atoms with Gasteiger partial charge in [-0.05, 0) is 334 Å². The van der Waals surface area contributed by atoms with Gasteiger partial charge in [0.2, 0.25) is 0 Å². The third-order valence-electron chi connectivity index (χ3n) is 29.9. The molecule has 0 aliphatic heterocycles. The summed E-state index contributed by atoms with van der Waals surface area (Å²) in [5.41, 5.74) is 0. The molecule has 0 aromatic carbocycles. The van der Waals surface area contributed by atoms with Crippen LogP contribution in [0.5, 0.6) is 0 Å². The normalized spacial score (nSPS) is 34.6. The first-order valence-electron chi connectivity index (χ1n) is 41.9. The molecule has 8 rings (SSSR count). The largest absolute Gasteiger partial charge is 0.469 e. The van der Waals surface area contributed by atoms with Crippen LogP contribution < -0.4 is 0 Å². The number of hydrogen-bond acceptors (Lipinski definition) is 8. The van der Waals surface area contributed by atoms with Crippen LogP contribution in [0.4, 0.5) is 0 Å². The minimum atomic E-state index is -0.00783. The van der Waals surface area contributed by atoms with Gasteiger partial charge in [0, 0.05) is 12.8 Å². The molecule has 0 saturated heterocycles. The van der Waals surface area contributed by atoms with Gasteiger partial charge in [-0.25, -0.2) is 19.6 Å². The molecule has 8 fully saturated rings. The molecule has 0 amide bonds. The van der Waals surface area contributed by atoms with Crippen molar-refractivity contribution in [2.75, 3.05) is 41.7 Å². The van der Waals surface area contributed by atoms with Crippen LogP contribution in [-0.4, -0.2) is 53.6 Å². The first-order chi connectivity index (χ1) is 45.4. The summed E-state index contributed by atoms with van der Waals surface area (Å²) in [6, 6.07) is 0. The van der Waals surface area contributed by atoms with Crippen LogP contribution in [0.1, 0.15) is 338 Å². The minimum absolute atomic E-state index is 0.00783. The number of esters is 2. The molecule has 0 aromatic heterocycles. The first-order valence-corrected chi connectivity index (χ1v) is 41.9. The molecule has 0 aromatic rings. The summed E-state index contributed by atoms with van der Waals surface area (Å²) in [5, 5.41) is 0. The molecular formula is C86H154O8. The Morgan fingerprint density at radius 3 is 0.947 bits per heavy atom. The highest BCUT2D eigenvalue weighted by Crippen LogP contribution is 2.53. The lowest BCUT2D eigenvalue weighted by Gasteiger charge is -2.30. The molecule has 26 atom stereocenters. The monoisotopic (exact) mass is 1320 g/mol. The van der Waals surface area contributed by atoms with Crippen molar-refractivity contribution in [1.82, 2.24) is 0 Å². The predicted octanol–water partition coefficient (Wildman–Crippen LogP) is 23.9. The quantitative estimate of drug-likeness (QED) is 0.0258. The number of methoxy groups -OCH3 is 2. The van der Waals surface area contributed by atoms with E-state index in [9.17, 15) is 9.59 Å². The minimum Gasteiger partial charge on any atom is -0.469 e. The van der Waals surface area contributed by atoms with Crippen molar-refractivity contribution in [1.29, 1.82) is 0 Å². The van der Waals surface area contributed by atoms with Crippen molar-refractivity contribution in [2.45, 2.75) is 338 Å². The Labute approximate surface area is 581 Å². The molecule has 8 saturated carbocycles. The summed E-state index contributed by atoms with van der Waals surface area (Å²) in [6.07, 6.45) is 60.1. The third-order valence-corrected chi connectivity index (χ3v) is 29.9. The van der Waals surface area contributed by atoms with E-state index >= 15 is 0 Å². The average Bonchev–Trinajstić information content (AvgIpc) is 1.75. The summed E-state index contributed by atoms with van der Waals surface area (Å²) >= 11 is 0. The molecule has 0 bridgehead atoms. The number of rotatable bonds is 45. The van der Waals surface area contributed by atoms with E-state index in [1.807, 2.05) is 0 Å². The lowest BCUT2D eigenvalue weighted by molar-refractivity contribution is -0.274. The molecule has 546 valence electrons. The van der Waals surface area contributed by atoms with Gasteiger partial charge in [0.15, 0.2) is 0 Å². The van der Waals surface area contributed by atoms with Crippen LogP contribution in [0.15, 0.2) is 0 Å². The maximum Gasteiger partial charge on any atom is 0.305 e. The second-order valence-corrected chi connectivity index (χ2v) is 36.8. The van der Waals surface area contributed by atoms with E-state index in [1.165, 1.54) is 257 Å². The van der Waals surface area contributed by atoms with Crippen LogP contribution in [0.25, 0.3) is 0 Å². The highest BCUT2D eigenvalue weighted by molar-refractivity contribution is 5.69. The van der Waals surface area contributed by atoms with Crippen molar-refractivity contribution in [3.05, 3.63) is 0 Å². The topological polar surface area (TPSA) is 89.5 Å². The maximum absolute atomic E-state index is 12.1. The van der Waals surface area contributed by atoms with E-state index in [2.05, 4.69) is 55.4 Å². The Morgan fingerprint density at radius 1 is 0.309 bits per heavy atom. The van der Waals surface area contributed by atoms with Gasteiger partial charge in [-0.3, -0.25) is 9.59 Å². The highest BCUT2D eigenvalue weighted by Gasteiger charge is 2.42. The number of ether oxygens (including phenoxy) is 2. The molecule has 8 aliphatic rings. The Kier molecular flexibility index (Phi) is 34.8. The van der Waals surface area contributed by atoms with E-state index in [0.29, 0.717) is 24.7 Å². The van der Waals surface area contributed by atoms with Crippen molar-refractivity contribution < 1.29 is 38.6 Å². The Balaban J connectivity index is 0.848. The molecule has 0 spiro atoms. The fourth-order valence-corrected chi connectivity index (χ4v) is 23.9. The summed E-state index contributed by atoms with van der Waals surface area (Å²) < 4.78 is 10.1. The average molecular weight is 1320 g/mol. The number of carbonyl (C=O) groups excluding carboxylic acids is 2. The Morgan fingerprint density at radius 2 is 0.606 bits per heavy atom. The zero-order valence-corrected chi connectivity index (χ0v) is 63.8. The van der Waals surface area contributed by atoms with Gasteiger partial charge < -0.3 is 9.47 Å². The van der Waals surface area contributed by atoms with Gasteiger partial charge in [-0.2, -0.15) is 0 Å². The number of hydrogen-bond donors (Lipinski definition) is 0. The summed E-state index contributed by atoms with van der Waals surface area (Å²) in [4.78, 5) is 44.6. The van der Waals surface area contributed by atoms with Gasteiger partial charge in [-0.1, -0.05) is 145 Å². The van der Waals surface area contributed by atoms with Crippen molar-refractivity contribution in [3.8, 4) is 0 Å². The maximum atomic E-state index is 12.1. The van der Waals surface area contributed by atoms with Gasteiger partial charge in [0.1, 0.15) is 0 Å². The van der Waals surface area contributed by atoms with Crippen LogP contribution in [-0.2, 0) is 38.6 Å². The molecule has 8 heteroatoms. The lowest BCUT2D eigenvalue weighted by atomic mass is 9.76. The predicted molar refractivity (Wildman–Crippen MR) is 389 cm³/mol. The van der Waals surface area contributed by atoms with E-state index in [0.717, 1.165) is 168 Å². The Hall–Kier alpha value is -1.22. The van der Waals surface area contributed by atoms with E-state index in [4.69, 9.17) is 29.0 Å². The Bertz CT molecular complexity index is 1920. The zero-order valence-electron chi connectivity index (χ0n) is 63.8. The second-order valence-electron chi connectivity index (χ2n) is 36.8. The fraction of sp³-hybridized carbons (Fsp3) is 0.977. The summed E-state index contributed by atoms with van der Waals surface area (Å²) in [6.45, 7) is 22.7.